The van der Waals surface area contributed by atoms with Gasteiger partial charge in [-0.15, -0.1) is 0 Å². The summed E-state index contributed by atoms with van der Waals surface area (Å²) in [6, 6.07) is 5.39. The second kappa shape index (κ2) is 3.35. The Labute approximate surface area is 82.8 Å². The third-order valence-corrected chi connectivity index (χ3v) is 2.51. The van der Waals surface area contributed by atoms with Gasteiger partial charge in [-0.3, -0.25) is 0 Å². The van der Waals surface area contributed by atoms with E-state index in [1.54, 1.807) is 12.1 Å². The lowest BCUT2D eigenvalue weighted by Gasteiger charge is -1.99. The Hall–Kier alpha value is -1.48. The first-order chi connectivity index (χ1) is 6.76. The van der Waals surface area contributed by atoms with E-state index in [-0.39, 0.29) is 0 Å². The highest BCUT2D eigenvalue weighted by atomic mass is 16.3. The molecule has 0 aliphatic carbocycles. The van der Waals surface area contributed by atoms with Gasteiger partial charge in [-0.25, -0.2) is 0 Å². The number of rotatable bonds is 2. The molecule has 1 heterocycles. The number of fused-ring (bicyclic) bond motifs is 1. The summed E-state index contributed by atoms with van der Waals surface area (Å²) < 4.78 is 2.14. The molecule has 3 N–H and O–H groups in total. The maximum Gasteiger partial charge on any atom is 0.116 e. The highest BCUT2D eigenvalue weighted by Gasteiger charge is 2.06. The fraction of sp³-hybridized carbons (Fsp3) is 0.273. The lowest BCUT2D eigenvalue weighted by molar-refractivity contribution is 0.476. The molecule has 0 aliphatic heterocycles. The minimum Gasteiger partial charge on any atom is -0.508 e. The van der Waals surface area contributed by atoms with E-state index in [9.17, 15) is 5.11 Å². The van der Waals surface area contributed by atoms with E-state index in [2.05, 4.69) is 11.5 Å². The molecule has 0 unspecified atom stereocenters. The highest BCUT2D eigenvalue weighted by Crippen LogP contribution is 2.25. The first-order valence-corrected chi connectivity index (χ1v) is 4.77. The van der Waals surface area contributed by atoms with Gasteiger partial charge in [0.2, 0.25) is 0 Å². The molecule has 3 heteroatoms. The van der Waals surface area contributed by atoms with Crippen LogP contribution in [0.4, 0.5) is 0 Å². The predicted octanol–water partition coefficient (Wildman–Crippen LogP) is 1.83. The van der Waals surface area contributed by atoms with E-state index in [0.29, 0.717) is 12.3 Å². The summed E-state index contributed by atoms with van der Waals surface area (Å²) in [5, 5.41) is 10.4. The zero-order chi connectivity index (χ0) is 10.1. The summed E-state index contributed by atoms with van der Waals surface area (Å²) in [4.78, 5) is 0. The second-order valence-electron chi connectivity index (χ2n) is 3.35. The summed E-state index contributed by atoms with van der Waals surface area (Å²) in [7, 11) is 0. The lowest BCUT2D eigenvalue weighted by Crippen LogP contribution is -1.94. The van der Waals surface area contributed by atoms with E-state index in [1.807, 2.05) is 12.3 Å². The smallest absolute Gasteiger partial charge is 0.116 e. The predicted molar refractivity (Wildman–Crippen MR) is 57.2 cm³/mol. The topological polar surface area (TPSA) is 51.2 Å². The van der Waals surface area contributed by atoms with Crippen LogP contribution in [0.25, 0.3) is 10.9 Å². The van der Waals surface area contributed by atoms with Gasteiger partial charge in [0.25, 0.3) is 0 Å². The van der Waals surface area contributed by atoms with Gasteiger partial charge >= 0.3 is 0 Å². The molecule has 0 aliphatic rings. The van der Waals surface area contributed by atoms with Crippen molar-refractivity contribution < 1.29 is 5.11 Å². The van der Waals surface area contributed by atoms with E-state index < -0.39 is 0 Å². The van der Waals surface area contributed by atoms with Gasteiger partial charge in [0.05, 0.1) is 0 Å². The molecule has 74 valence electrons. The molecule has 1 aromatic heterocycles. The Kier molecular flexibility index (Phi) is 2.17. The van der Waals surface area contributed by atoms with Crippen molar-refractivity contribution in [3.8, 4) is 5.75 Å². The molecule has 0 atom stereocenters. The van der Waals surface area contributed by atoms with Crippen molar-refractivity contribution in [1.82, 2.24) is 4.57 Å². The number of phenols is 1. The number of benzene rings is 1. The molecule has 0 fully saturated rings. The second-order valence-corrected chi connectivity index (χ2v) is 3.35. The first kappa shape index (κ1) is 9.09. The van der Waals surface area contributed by atoms with Crippen LogP contribution in [0.1, 0.15) is 12.5 Å². The standard InChI is InChI=1S/C11H14N2O/c1-2-13-7-8(6-12)10-5-9(14)3-4-11(10)13/h3-5,7,14H,2,6,12H2,1H3. The van der Waals surface area contributed by atoms with Crippen molar-refractivity contribution >= 4 is 10.9 Å². The average molecular weight is 190 g/mol. The zero-order valence-corrected chi connectivity index (χ0v) is 8.20. The molecule has 0 saturated heterocycles. The fourth-order valence-corrected chi connectivity index (χ4v) is 1.78. The van der Waals surface area contributed by atoms with Crippen LogP contribution < -0.4 is 5.73 Å². The summed E-state index contributed by atoms with van der Waals surface area (Å²) in [5.41, 5.74) is 7.85. The molecule has 2 aromatic rings. The molecule has 14 heavy (non-hydrogen) atoms. The van der Waals surface area contributed by atoms with Crippen LogP contribution in [-0.2, 0) is 13.1 Å². The minimum atomic E-state index is 0.293. The summed E-state index contributed by atoms with van der Waals surface area (Å²) in [6.07, 6.45) is 2.05. The minimum absolute atomic E-state index is 0.293. The van der Waals surface area contributed by atoms with Crippen LogP contribution >= 0.6 is 0 Å². The zero-order valence-electron chi connectivity index (χ0n) is 8.20. The number of aromatic hydroxyl groups is 1. The quantitative estimate of drug-likeness (QED) is 0.759. The van der Waals surface area contributed by atoms with Crippen LogP contribution in [0.2, 0.25) is 0 Å². The van der Waals surface area contributed by atoms with Crippen LogP contribution in [0, 0.1) is 0 Å². The molecular formula is C11H14N2O. The average Bonchev–Trinajstić information content (AvgIpc) is 2.55. The van der Waals surface area contributed by atoms with Gasteiger partial charge in [-0.05, 0) is 30.7 Å². The lowest BCUT2D eigenvalue weighted by atomic mass is 10.2. The van der Waals surface area contributed by atoms with Crippen molar-refractivity contribution in [3.05, 3.63) is 30.0 Å². The van der Waals surface area contributed by atoms with Gasteiger partial charge in [0, 0.05) is 30.2 Å². The Morgan fingerprint density at radius 2 is 2.21 bits per heavy atom. The maximum absolute atomic E-state index is 9.38. The van der Waals surface area contributed by atoms with Crippen LogP contribution in [0.15, 0.2) is 24.4 Å². The summed E-state index contributed by atoms with van der Waals surface area (Å²) >= 11 is 0. The van der Waals surface area contributed by atoms with Crippen molar-refractivity contribution in [3.63, 3.8) is 0 Å². The third kappa shape index (κ3) is 1.26. The van der Waals surface area contributed by atoms with Crippen molar-refractivity contribution in [1.29, 1.82) is 0 Å². The Morgan fingerprint density at radius 3 is 2.86 bits per heavy atom. The van der Waals surface area contributed by atoms with Crippen molar-refractivity contribution in [2.24, 2.45) is 5.73 Å². The normalized spacial score (nSPS) is 11.0. The number of hydrogen-bond acceptors (Lipinski definition) is 2. The Bertz CT molecular complexity index is 460. The number of nitrogens with zero attached hydrogens (tertiary/aromatic N) is 1. The molecule has 0 bridgehead atoms. The molecule has 3 nitrogen and oxygen atoms in total. The van der Waals surface area contributed by atoms with Crippen LogP contribution in [0.5, 0.6) is 5.75 Å². The molecule has 0 radical (unpaired) electrons. The van der Waals surface area contributed by atoms with Gasteiger partial charge < -0.3 is 15.4 Å². The van der Waals surface area contributed by atoms with Crippen molar-refractivity contribution in [2.75, 3.05) is 0 Å². The number of aromatic nitrogens is 1. The highest BCUT2D eigenvalue weighted by molar-refractivity contribution is 5.85. The monoisotopic (exact) mass is 190 g/mol. The van der Waals surface area contributed by atoms with E-state index in [4.69, 9.17) is 5.73 Å². The number of hydrogen-bond donors (Lipinski definition) is 2. The Balaban J connectivity index is 2.75. The fourth-order valence-electron chi connectivity index (χ4n) is 1.78. The first-order valence-electron chi connectivity index (χ1n) is 4.77. The number of aryl methyl sites for hydroxylation is 1. The molecule has 2 rings (SSSR count). The van der Waals surface area contributed by atoms with E-state index in [1.165, 1.54) is 0 Å². The van der Waals surface area contributed by atoms with Crippen LogP contribution in [-0.4, -0.2) is 9.67 Å². The van der Waals surface area contributed by atoms with Crippen molar-refractivity contribution in [2.45, 2.75) is 20.0 Å². The van der Waals surface area contributed by atoms with E-state index in [0.717, 1.165) is 23.0 Å². The molecule has 0 amide bonds. The van der Waals surface area contributed by atoms with Gasteiger partial charge in [-0.2, -0.15) is 0 Å². The number of nitrogens with two attached hydrogens (primary N) is 1. The molecule has 0 spiro atoms. The largest absolute Gasteiger partial charge is 0.508 e. The molecule has 0 saturated carbocycles. The third-order valence-electron chi connectivity index (χ3n) is 2.51. The van der Waals surface area contributed by atoms with Crippen LogP contribution in [0.3, 0.4) is 0 Å². The van der Waals surface area contributed by atoms with Gasteiger partial charge in [0.1, 0.15) is 5.75 Å². The summed E-state index contributed by atoms with van der Waals surface area (Å²) in [6.45, 7) is 3.51. The summed E-state index contributed by atoms with van der Waals surface area (Å²) in [5.74, 6) is 0.293. The molecule has 1 aromatic carbocycles. The van der Waals surface area contributed by atoms with E-state index >= 15 is 0 Å². The van der Waals surface area contributed by atoms with Gasteiger partial charge in [0.15, 0.2) is 0 Å². The Morgan fingerprint density at radius 1 is 1.43 bits per heavy atom. The van der Waals surface area contributed by atoms with Gasteiger partial charge in [-0.1, -0.05) is 0 Å². The maximum atomic E-state index is 9.38. The molecular weight excluding hydrogens is 176 g/mol. The SMILES string of the molecule is CCn1cc(CN)c2cc(O)ccc21. The number of phenolic OH excluding ortho intramolecular Hbond substituents is 1.